The topological polar surface area (TPSA) is 69.6 Å². The number of halogens is 1. The summed E-state index contributed by atoms with van der Waals surface area (Å²) in [6.07, 6.45) is 2.90. The summed E-state index contributed by atoms with van der Waals surface area (Å²) in [7, 11) is 0. The molecule has 1 aliphatic heterocycles. The molecule has 0 aliphatic carbocycles. The van der Waals surface area contributed by atoms with E-state index in [1.165, 1.54) is 18.2 Å². The van der Waals surface area contributed by atoms with Crippen molar-refractivity contribution in [1.29, 1.82) is 0 Å². The standard InChI is InChI=1S/C13H11BrN2O3/c1-2-5-16-12(18)10(15-13(16)19)7-8-6-9(14)3-4-11(8)17/h2-4,6-7,17H,1,5H2,(H,15,19). The second kappa shape index (κ2) is 5.27. The van der Waals surface area contributed by atoms with Gasteiger partial charge >= 0.3 is 6.03 Å². The molecule has 0 radical (unpaired) electrons. The van der Waals surface area contributed by atoms with E-state index >= 15 is 0 Å². The summed E-state index contributed by atoms with van der Waals surface area (Å²) in [5, 5.41) is 12.2. The fourth-order valence-corrected chi connectivity index (χ4v) is 2.04. The van der Waals surface area contributed by atoms with Gasteiger partial charge in [-0.3, -0.25) is 9.69 Å². The van der Waals surface area contributed by atoms with Crippen LogP contribution in [-0.4, -0.2) is 28.5 Å². The second-order valence-corrected chi connectivity index (χ2v) is 4.81. The van der Waals surface area contributed by atoms with Gasteiger partial charge in [-0.05, 0) is 24.3 Å². The first-order valence-corrected chi connectivity index (χ1v) is 6.26. The molecule has 0 atom stereocenters. The van der Waals surface area contributed by atoms with E-state index < -0.39 is 11.9 Å². The largest absolute Gasteiger partial charge is 0.507 e. The van der Waals surface area contributed by atoms with Crippen LogP contribution in [0.5, 0.6) is 5.75 Å². The van der Waals surface area contributed by atoms with E-state index in [1.807, 2.05) is 0 Å². The summed E-state index contributed by atoms with van der Waals surface area (Å²) < 4.78 is 0.761. The van der Waals surface area contributed by atoms with Crippen LogP contribution in [0.1, 0.15) is 5.56 Å². The lowest BCUT2D eigenvalue weighted by molar-refractivity contribution is -0.122. The molecule has 1 fully saturated rings. The van der Waals surface area contributed by atoms with Gasteiger partial charge in [0.2, 0.25) is 0 Å². The monoisotopic (exact) mass is 322 g/mol. The zero-order valence-electron chi connectivity index (χ0n) is 9.89. The number of nitrogens with zero attached hydrogens (tertiary/aromatic N) is 1. The number of hydrogen-bond acceptors (Lipinski definition) is 3. The Bertz CT molecular complexity index is 596. The van der Waals surface area contributed by atoms with Gasteiger partial charge in [0.05, 0.1) is 0 Å². The van der Waals surface area contributed by atoms with E-state index in [9.17, 15) is 14.7 Å². The maximum Gasteiger partial charge on any atom is 0.329 e. The van der Waals surface area contributed by atoms with Crippen molar-refractivity contribution in [2.75, 3.05) is 6.54 Å². The molecule has 1 heterocycles. The average molecular weight is 323 g/mol. The Morgan fingerprint density at radius 1 is 1.42 bits per heavy atom. The summed E-state index contributed by atoms with van der Waals surface area (Å²) in [5.41, 5.74) is 0.568. The number of rotatable bonds is 3. The molecule has 98 valence electrons. The van der Waals surface area contributed by atoms with E-state index in [0.29, 0.717) is 5.56 Å². The number of phenols is 1. The normalized spacial score (nSPS) is 16.9. The van der Waals surface area contributed by atoms with E-state index in [2.05, 4.69) is 27.8 Å². The lowest BCUT2D eigenvalue weighted by atomic mass is 10.1. The molecule has 2 rings (SSSR count). The van der Waals surface area contributed by atoms with Crippen molar-refractivity contribution in [3.05, 3.63) is 46.6 Å². The lowest BCUT2D eigenvalue weighted by Gasteiger charge is -2.06. The smallest absolute Gasteiger partial charge is 0.329 e. The molecule has 3 amide bonds. The van der Waals surface area contributed by atoms with Crippen LogP contribution < -0.4 is 5.32 Å². The average Bonchev–Trinajstić information content (AvgIpc) is 2.62. The Morgan fingerprint density at radius 2 is 2.16 bits per heavy atom. The molecule has 0 spiro atoms. The van der Waals surface area contributed by atoms with Crippen molar-refractivity contribution in [2.45, 2.75) is 0 Å². The zero-order chi connectivity index (χ0) is 14.0. The van der Waals surface area contributed by atoms with E-state index in [1.54, 1.807) is 12.1 Å². The van der Waals surface area contributed by atoms with Crippen molar-refractivity contribution in [3.8, 4) is 5.75 Å². The molecular formula is C13H11BrN2O3. The van der Waals surface area contributed by atoms with Gasteiger partial charge in [0, 0.05) is 16.6 Å². The molecule has 1 aromatic rings. The quantitative estimate of drug-likeness (QED) is 0.509. The van der Waals surface area contributed by atoms with Gasteiger partial charge in [-0.25, -0.2) is 4.79 Å². The molecule has 1 aromatic carbocycles. The Morgan fingerprint density at radius 3 is 2.84 bits per heavy atom. The SMILES string of the molecule is C=CCN1C(=O)NC(=Cc2cc(Br)ccc2O)C1=O. The van der Waals surface area contributed by atoms with Crippen molar-refractivity contribution in [3.63, 3.8) is 0 Å². The van der Waals surface area contributed by atoms with Gasteiger partial charge in [-0.1, -0.05) is 22.0 Å². The zero-order valence-corrected chi connectivity index (χ0v) is 11.5. The van der Waals surface area contributed by atoms with E-state index in [4.69, 9.17) is 0 Å². The minimum Gasteiger partial charge on any atom is -0.507 e. The fraction of sp³-hybridized carbons (Fsp3) is 0.0769. The number of carbonyl (C=O) groups is 2. The number of urea groups is 1. The molecule has 0 unspecified atom stereocenters. The number of phenolic OH excluding ortho intramolecular Hbond substituents is 1. The Kier molecular flexibility index (Phi) is 3.71. The van der Waals surface area contributed by atoms with Crippen LogP contribution in [0, 0.1) is 0 Å². The third-order valence-corrected chi connectivity index (χ3v) is 3.06. The number of aromatic hydroxyl groups is 1. The number of nitrogens with one attached hydrogen (secondary N) is 1. The highest BCUT2D eigenvalue weighted by Crippen LogP contribution is 2.25. The van der Waals surface area contributed by atoms with Gasteiger partial charge in [0.1, 0.15) is 11.4 Å². The van der Waals surface area contributed by atoms with Gasteiger partial charge in [-0.2, -0.15) is 0 Å². The van der Waals surface area contributed by atoms with Crippen LogP contribution in [0.25, 0.3) is 6.08 Å². The van der Waals surface area contributed by atoms with Gasteiger partial charge < -0.3 is 10.4 Å². The van der Waals surface area contributed by atoms with Crippen molar-refractivity contribution >= 4 is 33.9 Å². The van der Waals surface area contributed by atoms with Gasteiger partial charge in [-0.15, -0.1) is 6.58 Å². The molecule has 0 saturated carbocycles. The first-order chi connectivity index (χ1) is 9.02. The van der Waals surface area contributed by atoms with Crippen molar-refractivity contribution < 1.29 is 14.7 Å². The third-order valence-electron chi connectivity index (χ3n) is 2.56. The fourth-order valence-electron chi connectivity index (χ4n) is 1.66. The lowest BCUT2D eigenvalue weighted by Crippen LogP contribution is -2.30. The highest BCUT2D eigenvalue weighted by atomic mass is 79.9. The minimum absolute atomic E-state index is 0.0277. The molecule has 2 N–H and O–H groups in total. The van der Waals surface area contributed by atoms with Crippen LogP contribution >= 0.6 is 15.9 Å². The third kappa shape index (κ3) is 2.68. The maximum atomic E-state index is 11.9. The predicted molar refractivity (Wildman–Crippen MR) is 74.2 cm³/mol. The molecule has 6 heteroatoms. The molecule has 0 aromatic heterocycles. The number of hydrogen-bond donors (Lipinski definition) is 2. The van der Waals surface area contributed by atoms with E-state index in [0.717, 1.165) is 9.37 Å². The first-order valence-electron chi connectivity index (χ1n) is 5.47. The second-order valence-electron chi connectivity index (χ2n) is 3.90. The number of imide groups is 1. The van der Waals surface area contributed by atoms with Crippen LogP contribution in [0.3, 0.4) is 0 Å². The summed E-state index contributed by atoms with van der Waals surface area (Å²) in [6, 6.07) is 4.33. The molecule has 19 heavy (non-hydrogen) atoms. The molecule has 1 aliphatic rings. The molecule has 1 saturated heterocycles. The van der Waals surface area contributed by atoms with Gasteiger partial charge in [0.25, 0.3) is 5.91 Å². The highest BCUT2D eigenvalue weighted by molar-refractivity contribution is 9.10. The molecule has 5 nitrogen and oxygen atoms in total. The molecule has 0 bridgehead atoms. The Balaban J connectivity index is 2.34. The summed E-state index contributed by atoms with van der Waals surface area (Å²) >= 11 is 3.27. The first kappa shape index (κ1) is 13.4. The molecular weight excluding hydrogens is 312 g/mol. The Labute approximate surface area is 118 Å². The Hall–Kier alpha value is -2.08. The maximum absolute atomic E-state index is 11.9. The van der Waals surface area contributed by atoms with Crippen molar-refractivity contribution in [1.82, 2.24) is 10.2 Å². The van der Waals surface area contributed by atoms with Crippen LogP contribution in [0.4, 0.5) is 4.79 Å². The summed E-state index contributed by atoms with van der Waals surface area (Å²) in [4.78, 5) is 24.5. The predicted octanol–water partition coefficient (Wildman–Crippen LogP) is 2.23. The number of carbonyl (C=O) groups excluding carboxylic acids is 2. The van der Waals surface area contributed by atoms with Crippen LogP contribution in [0.15, 0.2) is 41.0 Å². The highest BCUT2D eigenvalue weighted by Gasteiger charge is 2.32. The van der Waals surface area contributed by atoms with Crippen LogP contribution in [-0.2, 0) is 4.79 Å². The summed E-state index contributed by atoms with van der Waals surface area (Å²) in [6.45, 7) is 3.63. The van der Waals surface area contributed by atoms with E-state index in [-0.39, 0.29) is 18.0 Å². The minimum atomic E-state index is -0.495. The van der Waals surface area contributed by atoms with Crippen molar-refractivity contribution in [2.24, 2.45) is 0 Å². The summed E-state index contributed by atoms with van der Waals surface area (Å²) in [5.74, 6) is -0.413. The number of amides is 3. The van der Waals surface area contributed by atoms with Crippen LogP contribution in [0.2, 0.25) is 0 Å². The van der Waals surface area contributed by atoms with Gasteiger partial charge in [0.15, 0.2) is 0 Å². The number of benzene rings is 1.